The van der Waals surface area contributed by atoms with Gasteiger partial charge in [-0.3, -0.25) is 0 Å². The lowest BCUT2D eigenvalue weighted by atomic mass is 9.86. The molecule has 26 heavy (non-hydrogen) atoms. The van der Waals surface area contributed by atoms with E-state index in [1.54, 1.807) is 20.8 Å². The summed E-state index contributed by atoms with van der Waals surface area (Å²) in [5.41, 5.74) is -0.984. The minimum atomic E-state index is -1.46. The first-order valence-electron chi connectivity index (χ1n) is 8.62. The maximum absolute atomic E-state index is 12.6. The van der Waals surface area contributed by atoms with Gasteiger partial charge in [-0.1, -0.05) is 20.8 Å². The average Bonchev–Trinajstić information content (AvgIpc) is 2.38. The van der Waals surface area contributed by atoms with Gasteiger partial charge in [-0.2, -0.15) is 0 Å². The summed E-state index contributed by atoms with van der Waals surface area (Å²) in [6, 6.07) is -0.699. The van der Waals surface area contributed by atoms with Crippen molar-refractivity contribution in [3.63, 3.8) is 0 Å². The van der Waals surface area contributed by atoms with Gasteiger partial charge in [0.15, 0.2) is 0 Å². The minimum Gasteiger partial charge on any atom is -0.598 e. The van der Waals surface area contributed by atoms with Gasteiger partial charge in [0.25, 0.3) is 0 Å². The monoisotopic (exact) mass is 393 g/mol. The molecule has 0 aromatic carbocycles. The van der Waals surface area contributed by atoms with Crippen molar-refractivity contribution in [2.75, 3.05) is 7.11 Å². The molecule has 0 spiro atoms. The zero-order chi connectivity index (χ0) is 20.9. The predicted octanol–water partition coefficient (Wildman–Crippen LogP) is 3.34. The smallest absolute Gasteiger partial charge is 0.509 e. The van der Waals surface area contributed by atoms with Crippen LogP contribution < -0.4 is 4.72 Å². The highest BCUT2D eigenvalue weighted by molar-refractivity contribution is 7.90. The fraction of sp³-hybridized carbons (Fsp3) is 0.889. The van der Waals surface area contributed by atoms with Crippen LogP contribution in [0.3, 0.4) is 0 Å². The summed E-state index contributed by atoms with van der Waals surface area (Å²) >= 11 is -1.46. The van der Waals surface area contributed by atoms with Gasteiger partial charge in [-0.05, 0) is 53.4 Å². The number of hydrogen-bond acceptors (Lipinski definition) is 7. The Bertz CT molecular complexity index is 476. The molecule has 0 aliphatic carbocycles. The Morgan fingerprint density at radius 1 is 1.04 bits per heavy atom. The maximum atomic E-state index is 12.6. The van der Waals surface area contributed by atoms with Crippen molar-refractivity contribution in [3.05, 3.63) is 0 Å². The number of rotatable bonds is 6. The molecular weight excluding hydrogens is 358 g/mol. The Morgan fingerprint density at radius 3 is 1.88 bits per heavy atom. The number of methoxy groups -OCH3 is 1. The summed E-state index contributed by atoms with van der Waals surface area (Å²) in [6.45, 7) is 16.4. The van der Waals surface area contributed by atoms with Gasteiger partial charge in [0, 0.05) is 11.4 Å². The van der Waals surface area contributed by atoms with Crippen LogP contribution in [0.1, 0.15) is 68.7 Å². The molecule has 0 aliphatic rings. The van der Waals surface area contributed by atoms with E-state index in [0.717, 1.165) is 0 Å². The highest BCUT2D eigenvalue weighted by Crippen LogP contribution is 2.26. The van der Waals surface area contributed by atoms with Gasteiger partial charge in [0.2, 0.25) is 6.10 Å². The Morgan fingerprint density at radius 2 is 1.54 bits per heavy atom. The second kappa shape index (κ2) is 9.28. The Labute approximate surface area is 160 Å². The van der Waals surface area contributed by atoms with Crippen molar-refractivity contribution < 1.29 is 28.4 Å². The molecule has 8 heteroatoms. The van der Waals surface area contributed by atoms with Crippen molar-refractivity contribution in [2.24, 2.45) is 5.41 Å². The molecule has 0 amide bonds. The second-order valence-electron chi connectivity index (χ2n) is 9.40. The number of nitrogens with one attached hydrogen (secondary N) is 1. The number of esters is 1. The average molecular weight is 394 g/mol. The third-order valence-electron chi connectivity index (χ3n) is 3.06. The normalized spacial score (nSPS) is 16.4. The van der Waals surface area contributed by atoms with Crippen LogP contribution in [0.25, 0.3) is 0 Å². The molecule has 0 rings (SSSR count). The highest BCUT2D eigenvalue weighted by Gasteiger charge is 2.41. The third-order valence-corrected chi connectivity index (χ3v) is 4.69. The quantitative estimate of drug-likeness (QED) is 0.546. The lowest BCUT2D eigenvalue weighted by Gasteiger charge is -2.34. The summed E-state index contributed by atoms with van der Waals surface area (Å²) in [6.07, 6.45) is -1.83. The standard InChI is InChI=1S/C18H35NO6S/c1-16(2,3)11-12(19-26(22)18(7,8)9)13(14(20)23-10)24-15(21)25-17(4,5)6/h12-13,19H,11H2,1-10H3/t12-,13+,26?/m1/s1. The van der Waals surface area contributed by atoms with Crippen molar-refractivity contribution in [1.82, 2.24) is 4.72 Å². The minimum absolute atomic E-state index is 0.219. The number of carbonyl (C=O) groups is 2. The molecule has 3 atom stereocenters. The van der Waals surface area contributed by atoms with Crippen molar-refractivity contribution in [1.29, 1.82) is 0 Å². The summed E-state index contributed by atoms with van der Waals surface area (Å²) in [4.78, 5) is 24.4. The van der Waals surface area contributed by atoms with E-state index in [9.17, 15) is 14.1 Å². The molecule has 1 unspecified atom stereocenters. The zero-order valence-electron chi connectivity index (χ0n) is 17.7. The van der Waals surface area contributed by atoms with E-state index in [0.29, 0.717) is 6.42 Å². The molecule has 0 bridgehead atoms. The topological polar surface area (TPSA) is 96.9 Å². The molecule has 0 heterocycles. The molecule has 7 nitrogen and oxygen atoms in total. The molecule has 1 N–H and O–H groups in total. The second-order valence-corrected chi connectivity index (χ2v) is 11.4. The molecule has 0 radical (unpaired) electrons. The highest BCUT2D eigenvalue weighted by atomic mass is 32.2. The molecule has 0 saturated carbocycles. The Kier molecular flexibility index (Phi) is 8.93. The first-order chi connectivity index (χ1) is 11.5. The maximum Gasteiger partial charge on any atom is 0.509 e. The van der Waals surface area contributed by atoms with Crippen LogP contribution in [0.4, 0.5) is 4.79 Å². The Balaban J connectivity index is 5.58. The van der Waals surface area contributed by atoms with Gasteiger partial charge >= 0.3 is 12.1 Å². The molecule has 0 aromatic heterocycles. The predicted molar refractivity (Wildman–Crippen MR) is 102 cm³/mol. The summed E-state index contributed by atoms with van der Waals surface area (Å²) in [5.74, 6) is -0.733. The molecule has 154 valence electrons. The van der Waals surface area contributed by atoms with Crippen LogP contribution in [-0.4, -0.2) is 46.3 Å². The fourth-order valence-electron chi connectivity index (χ4n) is 1.97. The van der Waals surface area contributed by atoms with Crippen molar-refractivity contribution >= 4 is 23.5 Å². The van der Waals surface area contributed by atoms with Gasteiger partial charge in [0.1, 0.15) is 16.4 Å². The number of hydrogen-bond donors (Lipinski definition) is 1. The lowest BCUT2D eigenvalue weighted by molar-refractivity contribution is -0.155. The van der Waals surface area contributed by atoms with Crippen LogP contribution in [0.15, 0.2) is 0 Å². The van der Waals surface area contributed by atoms with Crippen LogP contribution in [0, 0.1) is 5.41 Å². The van der Waals surface area contributed by atoms with Crippen molar-refractivity contribution in [3.8, 4) is 0 Å². The molecule has 0 saturated heterocycles. The largest absolute Gasteiger partial charge is 0.598 e. The first kappa shape index (κ1) is 25.0. The van der Waals surface area contributed by atoms with Crippen LogP contribution >= 0.6 is 0 Å². The molecule has 0 fully saturated rings. The van der Waals surface area contributed by atoms with Crippen LogP contribution in [-0.2, 0) is 30.4 Å². The van der Waals surface area contributed by atoms with Crippen LogP contribution in [0.5, 0.6) is 0 Å². The van der Waals surface area contributed by atoms with E-state index in [4.69, 9.17) is 14.2 Å². The van der Waals surface area contributed by atoms with E-state index in [-0.39, 0.29) is 5.41 Å². The summed E-state index contributed by atoms with van der Waals surface area (Å²) < 4.78 is 30.2. The summed E-state index contributed by atoms with van der Waals surface area (Å²) in [5, 5.41) is 0. The van der Waals surface area contributed by atoms with E-state index >= 15 is 0 Å². The number of ether oxygens (including phenoxy) is 3. The SMILES string of the molecule is COC(=O)[C@@H](OC(=O)OC(C)(C)C)[C@@H](CC(C)(C)C)N[S+]([O-])C(C)(C)C. The van der Waals surface area contributed by atoms with Crippen LogP contribution in [0.2, 0.25) is 0 Å². The zero-order valence-corrected chi connectivity index (χ0v) is 18.5. The van der Waals surface area contributed by atoms with Gasteiger partial charge in [-0.15, -0.1) is 4.72 Å². The van der Waals surface area contributed by atoms with Gasteiger partial charge in [0.05, 0.1) is 7.11 Å². The molecular formula is C18H35NO6S. The van der Waals surface area contributed by atoms with E-state index in [2.05, 4.69) is 4.72 Å². The third kappa shape index (κ3) is 10.2. The molecule has 0 aliphatic heterocycles. The fourth-order valence-corrected chi connectivity index (χ4v) is 2.81. The van der Waals surface area contributed by atoms with Gasteiger partial charge < -0.3 is 18.8 Å². The lowest BCUT2D eigenvalue weighted by Crippen LogP contribution is -2.54. The van der Waals surface area contributed by atoms with Gasteiger partial charge in [-0.25, -0.2) is 9.59 Å². The first-order valence-corrected chi connectivity index (χ1v) is 9.77. The number of carbonyl (C=O) groups excluding carboxylic acids is 2. The molecule has 0 aromatic rings. The Hall–Kier alpha value is -0.990. The van der Waals surface area contributed by atoms with E-state index < -0.39 is 46.0 Å². The van der Waals surface area contributed by atoms with E-state index in [1.165, 1.54) is 7.11 Å². The summed E-state index contributed by atoms with van der Waals surface area (Å²) in [7, 11) is 1.21. The van der Waals surface area contributed by atoms with E-state index in [1.807, 2.05) is 41.5 Å². The van der Waals surface area contributed by atoms with Crippen molar-refractivity contribution in [2.45, 2.75) is 91.2 Å².